The summed E-state index contributed by atoms with van der Waals surface area (Å²) in [5.74, 6) is 0.404. The van der Waals surface area contributed by atoms with Crippen molar-refractivity contribution >= 4 is 23.0 Å². The van der Waals surface area contributed by atoms with Crippen molar-refractivity contribution in [2.24, 2.45) is 10.9 Å². The zero-order chi connectivity index (χ0) is 32.6. The molecular weight excluding hydrogens is 538 g/mol. The van der Waals surface area contributed by atoms with Crippen LogP contribution in [0.5, 0.6) is 0 Å². The van der Waals surface area contributed by atoms with Gasteiger partial charge in [0, 0.05) is 41.7 Å². The molecule has 0 aliphatic heterocycles. The van der Waals surface area contributed by atoms with E-state index < -0.39 is 0 Å². The molecule has 44 heavy (non-hydrogen) atoms. The molecule has 1 unspecified atom stereocenters. The van der Waals surface area contributed by atoms with Crippen LogP contribution in [0.3, 0.4) is 0 Å². The van der Waals surface area contributed by atoms with Gasteiger partial charge < -0.3 is 10.2 Å². The van der Waals surface area contributed by atoms with Gasteiger partial charge in [-0.25, -0.2) is 4.99 Å². The highest BCUT2D eigenvalue weighted by atomic mass is 16.2. The summed E-state index contributed by atoms with van der Waals surface area (Å²) in [6.07, 6.45) is 9.45. The molecule has 1 aliphatic carbocycles. The number of aliphatic imine (C=N–C) groups is 1. The highest BCUT2D eigenvalue weighted by Crippen LogP contribution is 2.27. The average Bonchev–Trinajstić information content (AvgIpc) is 3.00. The first-order valence-corrected chi connectivity index (χ1v) is 15.4. The molecule has 0 bridgehead atoms. The molecule has 230 valence electrons. The molecule has 2 aromatic rings. The number of hydrogen-bond donors (Lipinski definition) is 1. The number of carbonyl (C=O) groups excluding carboxylic acids is 1. The molecule has 3 rings (SSSR count). The number of anilines is 1. The van der Waals surface area contributed by atoms with Gasteiger partial charge in [0.05, 0.1) is 11.4 Å². The summed E-state index contributed by atoms with van der Waals surface area (Å²) in [7, 11) is 1.88. The molecule has 0 aromatic heterocycles. The fraction of sp³-hybridized carbons (Fsp3) is 0.300. The van der Waals surface area contributed by atoms with Crippen LogP contribution in [0.1, 0.15) is 76.4 Å². The number of benzene rings is 2. The minimum Gasteiger partial charge on any atom is -0.356 e. The van der Waals surface area contributed by atoms with Gasteiger partial charge in [-0.1, -0.05) is 86.7 Å². The standard InChI is InChI=1S/C40H49N3O/c1-12-27(4)35(24-30(7)26(2)3)25-43(11)40(44)34-20-22-36(23-21-34)41-32(9)31(8)38-19-15-17-29(6)39(38)42-33(10)37-18-14-13-16-28(37)5/h13-24,27,41H,9-10,12,25H2,1-8,11H3/b35-24-,38-31+,42-39?. The van der Waals surface area contributed by atoms with E-state index in [9.17, 15) is 4.79 Å². The summed E-state index contributed by atoms with van der Waals surface area (Å²) >= 11 is 0. The summed E-state index contributed by atoms with van der Waals surface area (Å²) in [6, 6.07) is 15.8. The van der Waals surface area contributed by atoms with E-state index in [-0.39, 0.29) is 5.91 Å². The first-order chi connectivity index (χ1) is 20.8. The van der Waals surface area contributed by atoms with Gasteiger partial charge in [0.1, 0.15) is 0 Å². The fourth-order valence-electron chi connectivity index (χ4n) is 4.92. The van der Waals surface area contributed by atoms with E-state index in [0.717, 1.165) is 57.1 Å². The van der Waals surface area contributed by atoms with Gasteiger partial charge in [-0.15, -0.1) is 0 Å². The van der Waals surface area contributed by atoms with E-state index in [1.54, 1.807) is 0 Å². The van der Waals surface area contributed by atoms with Crippen LogP contribution in [-0.4, -0.2) is 30.1 Å². The van der Waals surface area contributed by atoms with E-state index in [1.165, 1.54) is 16.7 Å². The van der Waals surface area contributed by atoms with E-state index in [4.69, 9.17) is 4.99 Å². The summed E-state index contributed by atoms with van der Waals surface area (Å²) < 4.78 is 0. The fourth-order valence-corrected chi connectivity index (χ4v) is 4.92. The Morgan fingerprint density at radius 3 is 2.30 bits per heavy atom. The topological polar surface area (TPSA) is 44.7 Å². The molecule has 1 aliphatic rings. The first kappa shape index (κ1) is 34.1. The molecule has 1 N–H and O–H groups in total. The second-order valence-electron chi connectivity index (χ2n) is 12.0. The first-order valence-electron chi connectivity index (χ1n) is 15.4. The van der Waals surface area contributed by atoms with Crippen molar-refractivity contribution in [3.05, 3.63) is 142 Å². The Morgan fingerprint density at radius 2 is 1.68 bits per heavy atom. The molecular formula is C40H49N3O. The van der Waals surface area contributed by atoms with Crippen molar-refractivity contribution in [2.45, 2.75) is 61.8 Å². The van der Waals surface area contributed by atoms with Gasteiger partial charge in [0.25, 0.3) is 5.91 Å². The van der Waals surface area contributed by atoms with Gasteiger partial charge >= 0.3 is 0 Å². The van der Waals surface area contributed by atoms with Crippen LogP contribution in [0.15, 0.2) is 130 Å². The van der Waals surface area contributed by atoms with Gasteiger partial charge in [0.2, 0.25) is 0 Å². The Balaban J connectivity index is 1.78. The number of carbonyl (C=O) groups is 1. The molecule has 0 heterocycles. The maximum absolute atomic E-state index is 13.3. The Morgan fingerprint density at radius 1 is 1.02 bits per heavy atom. The molecule has 1 amide bonds. The number of nitrogens with one attached hydrogen (secondary N) is 1. The van der Waals surface area contributed by atoms with E-state index in [0.29, 0.717) is 18.0 Å². The molecule has 4 nitrogen and oxygen atoms in total. The summed E-state index contributed by atoms with van der Waals surface area (Å²) in [4.78, 5) is 20.1. The monoisotopic (exact) mass is 587 g/mol. The van der Waals surface area contributed by atoms with Crippen LogP contribution in [0, 0.1) is 12.8 Å². The molecule has 0 radical (unpaired) electrons. The zero-order valence-corrected chi connectivity index (χ0v) is 28.1. The largest absolute Gasteiger partial charge is 0.356 e. The Labute approximate surface area is 265 Å². The number of allylic oxidation sites excluding steroid dienone is 9. The van der Waals surface area contributed by atoms with Crippen molar-refractivity contribution in [2.75, 3.05) is 18.9 Å². The van der Waals surface area contributed by atoms with Crippen molar-refractivity contribution in [1.82, 2.24) is 4.90 Å². The smallest absolute Gasteiger partial charge is 0.253 e. The minimum atomic E-state index is 0.00192. The average molecular weight is 588 g/mol. The van der Waals surface area contributed by atoms with Crippen LogP contribution >= 0.6 is 0 Å². The predicted molar refractivity (Wildman–Crippen MR) is 191 cm³/mol. The van der Waals surface area contributed by atoms with Gasteiger partial charge in [-0.3, -0.25) is 4.79 Å². The van der Waals surface area contributed by atoms with E-state index >= 15 is 0 Å². The molecule has 4 heteroatoms. The second kappa shape index (κ2) is 15.3. The highest BCUT2D eigenvalue weighted by molar-refractivity contribution is 6.17. The third-order valence-corrected chi connectivity index (χ3v) is 8.43. The van der Waals surface area contributed by atoms with Crippen LogP contribution in [-0.2, 0) is 0 Å². The maximum Gasteiger partial charge on any atom is 0.253 e. The summed E-state index contributed by atoms with van der Waals surface area (Å²) in [6.45, 7) is 26.2. The van der Waals surface area contributed by atoms with Crippen LogP contribution in [0.25, 0.3) is 5.70 Å². The Bertz CT molecular complexity index is 1600. The molecule has 0 spiro atoms. The molecule has 2 aromatic carbocycles. The lowest BCUT2D eigenvalue weighted by atomic mass is 9.93. The Kier molecular flexibility index (Phi) is 11.9. The quantitative estimate of drug-likeness (QED) is 0.266. The van der Waals surface area contributed by atoms with Crippen LogP contribution < -0.4 is 5.32 Å². The van der Waals surface area contributed by atoms with Crippen LogP contribution in [0.2, 0.25) is 0 Å². The number of rotatable bonds is 11. The predicted octanol–water partition coefficient (Wildman–Crippen LogP) is 10.3. The SMILES string of the molecule is C=C(Nc1ccc(C(=O)N(C)C/C(=C/C(C)=C(C)C)C(C)CC)cc1)/C(C)=C1\C=CC=C(C)C1=NC(=C)c1ccccc1C. The Hall–Kier alpha value is -4.44. The van der Waals surface area contributed by atoms with Crippen LogP contribution in [0.4, 0.5) is 5.69 Å². The molecule has 0 fully saturated rings. The highest BCUT2D eigenvalue weighted by Gasteiger charge is 2.18. The maximum atomic E-state index is 13.3. The third kappa shape index (κ3) is 8.57. The third-order valence-electron chi connectivity index (χ3n) is 8.43. The zero-order valence-electron chi connectivity index (χ0n) is 28.1. The number of nitrogens with zero attached hydrogens (tertiary/aromatic N) is 2. The lowest BCUT2D eigenvalue weighted by molar-refractivity contribution is 0.0804. The molecule has 1 atom stereocenters. The number of aryl methyl sites for hydroxylation is 1. The van der Waals surface area contributed by atoms with Crippen molar-refractivity contribution < 1.29 is 4.79 Å². The number of amides is 1. The van der Waals surface area contributed by atoms with Crippen molar-refractivity contribution in [3.8, 4) is 0 Å². The second-order valence-corrected chi connectivity index (χ2v) is 12.0. The van der Waals surface area contributed by atoms with Crippen molar-refractivity contribution in [1.29, 1.82) is 0 Å². The number of hydrogen-bond acceptors (Lipinski definition) is 3. The van der Waals surface area contributed by atoms with Gasteiger partial charge in [0.15, 0.2) is 0 Å². The van der Waals surface area contributed by atoms with E-state index in [2.05, 4.69) is 97.3 Å². The number of likely N-dealkylation sites (N-methyl/N-ethyl adjacent to an activating group) is 1. The lowest BCUT2D eigenvalue weighted by Crippen LogP contribution is -2.30. The molecule has 0 saturated carbocycles. The lowest BCUT2D eigenvalue weighted by Gasteiger charge is -2.23. The summed E-state index contributed by atoms with van der Waals surface area (Å²) in [5.41, 5.74) is 12.9. The normalized spacial score (nSPS) is 15.8. The molecule has 0 saturated heterocycles. The van der Waals surface area contributed by atoms with E-state index in [1.807, 2.05) is 61.3 Å². The van der Waals surface area contributed by atoms with Crippen molar-refractivity contribution in [3.63, 3.8) is 0 Å². The van der Waals surface area contributed by atoms with Gasteiger partial charge in [-0.05, 0) is 100 Å². The minimum absolute atomic E-state index is 0.00192. The summed E-state index contributed by atoms with van der Waals surface area (Å²) in [5, 5.41) is 3.43. The van der Waals surface area contributed by atoms with Gasteiger partial charge in [-0.2, -0.15) is 0 Å².